The lowest BCUT2D eigenvalue weighted by Gasteiger charge is -2.45. The fourth-order valence-corrected chi connectivity index (χ4v) is 9.45. The van der Waals surface area contributed by atoms with E-state index >= 15 is 0 Å². The van der Waals surface area contributed by atoms with E-state index < -0.39 is 0 Å². The molecule has 5 atom stereocenters. The van der Waals surface area contributed by atoms with E-state index in [1.807, 2.05) is 0 Å². The summed E-state index contributed by atoms with van der Waals surface area (Å²) >= 11 is 0. The highest BCUT2D eigenvalue weighted by molar-refractivity contribution is 4.90. The molecular weight excluding hydrogens is 408 g/mol. The molecule has 198 valence electrons. The van der Waals surface area contributed by atoms with Gasteiger partial charge in [0.1, 0.15) is 0 Å². The molecular formula is C34H62. The second-order valence-electron chi connectivity index (χ2n) is 14.3. The summed E-state index contributed by atoms with van der Waals surface area (Å²) in [5.74, 6) is 5.29. The van der Waals surface area contributed by atoms with Gasteiger partial charge in [0.25, 0.3) is 0 Å². The predicted octanol–water partition coefficient (Wildman–Crippen LogP) is 11.7. The van der Waals surface area contributed by atoms with Gasteiger partial charge in [-0.05, 0) is 67.1 Å². The first-order chi connectivity index (χ1) is 16.7. The molecule has 0 saturated heterocycles. The highest BCUT2D eigenvalue weighted by atomic mass is 14.4. The molecule has 0 heteroatoms. The molecule has 5 unspecified atom stereocenters. The fraction of sp³-hybridized carbons (Fsp3) is 1.00. The third-order valence-electron chi connectivity index (χ3n) is 11.3. The van der Waals surface area contributed by atoms with Crippen LogP contribution in [-0.4, -0.2) is 0 Å². The van der Waals surface area contributed by atoms with Gasteiger partial charge in [-0.15, -0.1) is 0 Å². The van der Waals surface area contributed by atoms with Crippen LogP contribution in [0.3, 0.4) is 0 Å². The minimum Gasteiger partial charge on any atom is -0.0625 e. The molecule has 0 aromatic carbocycles. The summed E-state index contributed by atoms with van der Waals surface area (Å²) in [4.78, 5) is 0. The summed E-state index contributed by atoms with van der Waals surface area (Å²) < 4.78 is 0. The molecule has 0 aliphatic heterocycles. The van der Waals surface area contributed by atoms with Gasteiger partial charge in [-0.25, -0.2) is 0 Å². The average molecular weight is 471 g/mol. The summed E-state index contributed by atoms with van der Waals surface area (Å²) in [6.07, 6.45) is 41.8. The van der Waals surface area contributed by atoms with Crippen LogP contribution in [0.4, 0.5) is 0 Å². The molecule has 34 heavy (non-hydrogen) atoms. The third kappa shape index (κ3) is 9.14. The molecule has 0 bridgehead atoms. The van der Waals surface area contributed by atoms with Crippen molar-refractivity contribution in [2.45, 2.75) is 180 Å². The number of rotatable bonds is 8. The van der Waals surface area contributed by atoms with Crippen molar-refractivity contribution in [1.82, 2.24) is 0 Å². The molecule has 0 amide bonds. The van der Waals surface area contributed by atoms with E-state index in [2.05, 4.69) is 6.92 Å². The first-order valence-corrected chi connectivity index (χ1v) is 16.7. The average Bonchev–Trinajstić information content (AvgIpc) is 2.81. The van der Waals surface area contributed by atoms with Crippen LogP contribution < -0.4 is 0 Å². The van der Waals surface area contributed by atoms with Crippen LogP contribution in [0.1, 0.15) is 180 Å². The minimum absolute atomic E-state index is 0.758. The zero-order valence-corrected chi connectivity index (χ0v) is 23.5. The van der Waals surface area contributed by atoms with Crippen LogP contribution in [0.5, 0.6) is 0 Å². The van der Waals surface area contributed by atoms with Crippen LogP contribution in [0.15, 0.2) is 0 Å². The van der Waals surface area contributed by atoms with Crippen LogP contribution in [0.2, 0.25) is 0 Å². The second-order valence-corrected chi connectivity index (χ2v) is 14.3. The standard InChI is InChI=1S/C34H62/c1-29-14-5-2-8-17-31(26-29)20-12-22-33-23-13-25-34(28-33)24-10-4-9-18-32(27-34)21-11-19-30-15-6-3-7-16-30/h29-33H,2-28H2,1H3. The maximum atomic E-state index is 2.53. The molecule has 4 saturated carbocycles. The maximum Gasteiger partial charge on any atom is -0.0292 e. The quantitative estimate of drug-likeness (QED) is 0.331. The summed E-state index contributed by atoms with van der Waals surface area (Å²) in [5.41, 5.74) is 0.758. The molecule has 4 rings (SSSR count). The Morgan fingerprint density at radius 2 is 0.941 bits per heavy atom. The first kappa shape index (κ1) is 27.0. The van der Waals surface area contributed by atoms with Crippen molar-refractivity contribution in [2.75, 3.05) is 0 Å². The smallest absolute Gasteiger partial charge is 0.0292 e. The van der Waals surface area contributed by atoms with E-state index in [4.69, 9.17) is 0 Å². The van der Waals surface area contributed by atoms with Gasteiger partial charge in [-0.3, -0.25) is 0 Å². The van der Waals surface area contributed by atoms with E-state index in [-0.39, 0.29) is 0 Å². The zero-order valence-electron chi connectivity index (χ0n) is 23.5. The third-order valence-corrected chi connectivity index (χ3v) is 11.3. The van der Waals surface area contributed by atoms with Crippen molar-refractivity contribution < 1.29 is 0 Å². The SMILES string of the molecule is CC1CCCCCC(CCCC2CCCC3(CCCCCC(CCCC4CCCCC4)C3)C2)C1. The van der Waals surface area contributed by atoms with E-state index in [1.165, 1.54) is 64.2 Å². The van der Waals surface area contributed by atoms with Gasteiger partial charge in [-0.2, -0.15) is 0 Å². The molecule has 0 nitrogen and oxygen atoms in total. The molecule has 0 heterocycles. The van der Waals surface area contributed by atoms with Gasteiger partial charge in [0, 0.05) is 0 Å². The Labute approximate surface area is 215 Å². The first-order valence-electron chi connectivity index (χ1n) is 16.7. The summed E-state index contributed by atoms with van der Waals surface area (Å²) in [5, 5.41) is 0. The molecule has 4 aliphatic rings. The van der Waals surface area contributed by atoms with Gasteiger partial charge < -0.3 is 0 Å². The molecule has 1 spiro atoms. The normalized spacial score (nSPS) is 37.0. The fourth-order valence-electron chi connectivity index (χ4n) is 9.45. The van der Waals surface area contributed by atoms with Crippen LogP contribution in [0.25, 0.3) is 0 Å². The van der Waals surface area contributed by atoms with Crippen molar-refractivity contribution in [3.8, 4) is 0 Å². The van der Waals surface area contributed by atoms with Gasteiger partial charge in [-0.1, -0.05) is 148 Å². The van der Waals surface area contributed by atoms with Gasteiger partial charge >= 0.3 is 0 Å². The number of hydrogen-bond donors (Lipinski definition) is 0. The summed E-state index contributed by atoms with van der Waals surface area (Å²) in [7, 11) is 0. The summed E-state index contributed by atoms with van der Waals surface area (Å²) in [6, 6.07) is 0. The Hall–Kier alpha value is 0. The van der Waals surface area contributed by atoms with E-state index in [0.717, 1.165) is 35.0 Å². The van der Waals surface area contributed by atoms with Crippen molar-refractivity contribution in [3.05, 3.63) is 0 Å². The van der Waals surface area contributed by atoms with Gasteiger partial charge in [0.15, 0.2) is 0 Å². The topological polar surface area (TPSA) is 0 Å². The van der Waals surface area contributed by atoms with E-state index in [9.17, 15) is 0 Å². The van der Waals surface area contributed by atoms with Crippen LogP contribution in [-0.2, 0) is 0 Å². The van der Waals surface area contributed by atoms with Crippen molar-refractivity contribution in [1.29, 1.82) is 0 Å². The lowest BCUT2D eigenvalue weighted by Crippen LogP contribution is -2.32. The Bertz CT molecular complexity index is 530. The molecule has 4 aliphatic carbocycles. The Balaban J connectivity index is 1.22. The molecule has 0 aromatic heterocycles. The molecule has 0 N–H and O–H groups in total. The Morgan fingerprint density at radius 3 is 1.65 bits per heavy atom. The lowest BCUT2D eigenvalue weighted by atomic mass is 9.61. The second kappa shape index (κ2) is 14.7. The Kier molecular flexibility index (Phi) is 11.7. The maximum absolute atomic E-state index is 2.53. The van der Waals surface area contributed by atoms with Crippen LogP contribution >= 0.6 is 0 Å². The number of hydrogen-bond acceptors (Lipinski definition) is 0. The lowest BCUT2D eigenvalue weighted by molar-refractivity contribution is 0.0696. The van der Waals surface area contributed by atoms with Crippen LogP contribution in [0, 0.1) is 35.0 Å². The largest absolute Gasteiger partial charge is 0.0625 e. The highest BCUT2D eigenvalue weighted by Gasteiger charge is 2.38. The van der Waals surface area contributed by atoms with Crippen molar-refractivity contribution >= 4 is 0 Å². The minimum atomic E-state index is 0.758. The summed E-state index contributed by atoms with van der Waals surface area (Å²) in [6.45, 7) is 2.53. The Morgan fingerprint density at radius 1 is 0.471 bits per heavy atom. The molecule has 0 aromatic rings. The van der Waals surface area contributed by atoms with Crippen molar-refractivity contribution in [2.24, 2.45) is 35.0 Å². The predicted molar refractivity (Wildman–Crippen MR) is 150 cm³/mol. The monoisotopic (exact) mass is 470 g/mol. The highest BCUT2D eigenvalue weighted by Crippen LogP contribution is 2.51. The zero-order chi connectivity index (χ0) is 23.5. The van der Waals surface area contributed by atoms with E-state index in [1.54, 1.807) is 109 Å². The van der Waals surface area contributed by atoms with E-state index in [0.29, 0.717) is 0 Å². The van der Waals surface area contributed by atoms with Crippen molar-refractivity contribution in [3.63, 3.8) is 0 Å². The molecule has 4 fully saturated rings. The molecule has 0 radical (unpaired) electrons. The van der Waals surface area contributed by atoms with Gasteiger partial charge in [0.2, 0.25) is 0 Å². The van der Waals surface area contributed by atoms with Gasteiger partial charge in [0.05, 0.1) is 0 Å².